The molecule has 2 nitrogen and oxygen atoms in total. The highest BCUT2D eigenvalue weighted by atomic mass is 16.1. The first kappa shape index (κ1) is 9.45. The van der Waals surface area contributed by atoms with Crippen LogP contribution in [0.25, 0.3) is 0 Å². The van der Waals surface area contributed by atoms with Crippen LogP contribution in [-0.2, 0) is 4.79 Å². The number of nitriles is 1. The van der Waals surface area contributed by atoms with E-state index in [1.807, 2.05) is 13.0 Å². The van der Waals surface area contributed by atoms with Crippen molar-refractivity contribution in [3.63, 3.8) is 0 Å². The number of ketones is 1. The molecule has 0 radical (unpaired) electrons. The predicted octanol–water partition coefficient (Wildman–Crippen LogP) is 2.61. The molecule has 2 aliphatic rings. The van der Waals surface area contributed by atoms with Crippen molar-refractivity contribution in [1.82, 2.24) is 0 Å². The van der Waals surface area contributed by atoms with Crippen LogP contribution in [0, 0.1) is 22.2 Å². The molecule has 0 N–H and O–H groups in total. The number of carbonyl (C=O) groups excluding carboxylic acids is 1. The first-order valence-corrected chi connectivity index (χ1v) is 5.19. The van der Waals surface area contributed by atoms with Crippen molar-refractivity contribution in [1.29, 1.82) is 5.26 Å². The van der Waals surface area contributed by atoms with Crippen LogP contribution >= 0.6 is 0 Å². The maximum Gasteiger partial charge on any atom is 0.159 e. The minimum atomic E-state index is -0.363. The zero-order chi connectivity index (χ0) is 10.4. The number of hydrogen-bond acceptors (Lipinski definition) is 2. The summed E-state index contributed by atoms with van der Waals surface area (Å²) in [5, 5.41) is 9.22. The third-order valence-corrected chi connectivity index (χ3v) is 4.15. The Balaban J connectivity index is 2.46. The average molecular weight is 189 g/mol. The fourth-order valence-electron chi connectivity index (χ4n) is 2.79. The number of carbonyl (C=O) groups is 1. The average Bonchev–Trinajstić information content (AvgIpc) is 2.42. The van der Waals surface area contributed by atoms with Crippen molar-refractivity contribution >= 4 is 5.78 Å². The van der Waals surface area contributed by atoms with Gasteiger partial charge in [-0.25, -0.2) is 0 Å². The van der Waals surface area contributed by atoms with Crippen LogP contribution in [0.4, 0.5) is 0 Å². The number of nitrogens with zero attached hydrogens (tertiary/aromatic N) is 1. The van der Waals surface area contributed by atoms with E-state index in [2.05, 4.69) is 13.0 Å². The second-order valence-electron chi connectivity index (χ2n) is 4.87. The Morgan fingerprint density at radius 2 is 2.21 bits per heavy atom. The highest BCUT2D eigenvalue weighted by Crippen LogP contribution is 2.57. The van der Waals surface area contributed by atoms with E-state index in [4.69, 9.17) is 0 Å². The molecule has 0 aromatic carbocycles. The minimum Gasteiger partial charge on any atom is -0.295 e. The van der Waals surface area contributed by atoms with E-state index in [9.17, 15) is 10.1 Å². The van der Waals surface area contributed by atoms with Crippen molar-refractivity contribution in [2.45, 2.75) is 39.5 Å². The topological polar surface area (TPSA) is 40.9 Å². The largest absolute Gasteiger partial charge is 0.295 e. The molecule has 2 heteroatoms. The molecule has 74 valence electrons. The number of allylic oxidation sites excluding steroid dienone is 2. The lowest BCUT2D eigenvalue weighted by Crippen LogP contribution is -2.38. The molecule has 2 rings (SSSR count). The lowest BCUT2D eigenvalue weighted by atomic mass is 9.60. The molecule has 1 fully saturated rings. The van der Waals surface area contributed by atoms with E-state index in [0.717, 1.165) is 24.8 Å². The Morgan fingerprint density at radius 1 is 1.50 bits per heavy atom. The van der Waals surface area contributed by atoms with Crippen LogP contribution in [0.3, 0.4) is 0 Å². The molecule has 0 aromatic rings. The summed E-state index contributed by atoms with van der Waals surface area (Å²) in [7, 11) is 0. The van der Waals surface area contributed by atoms with Crippen LogP contribution in [0.15, 0.2) is 11.6 Å². The Hall–Kier alpha value is -1.10. The highest BCUT2D eigenvalue weighted by molar-refractivity contribution is 5.98. The summed E-state index contributed by atoms with van der Waals surface area (Å²) >= 11 is 0. The molecular weight excluding hydrogens is 174 g/mol. The maximum absolute atomic E-state index is 11.7. The second kappa shape index (κ2) is 2.70. The molecule has 0 amide bonds. The Morgan fingerprint density at radius 3 is 2.86 bits per heavy atom. The molecule has 14 heavy (non-hydrogen) atoms. The Kier molecular flexibility index (Phi) is 1.82. The first-order chi connectivity index (χ1) is 6.53. The van der Waals surface area contributed by atoms with Crippen molar-refractivity contribution in [2.75, 3.05) is 0 Å². The van der Waals surface area contributed by atoms with Gasteiger partial charge in [0.15, 0.2) is 5.78 Å². The van der Waals surface area contributed by atoms with Gasteiger partial charge in [0.25, 0.3) is 0 Å². The lowest BCUT2D eigenvalue weighted by Gasteiger charge is -2.40. The fourth-order valence-corrected chi connectivity index (χ4v) is 2.79. The summed E-state index contributed by atoms with van der Waals surface area (Å²) in [6.07, 6.45) is 5.31. The van der Waals surface area contributed by atoms with Gasteiger partial charge in [-0.2, -0.15) is 5.26 Å². The van der Waals surface area contributed by atoms with Crippen LogP contribution in [-0.4, -0.2) is 5.78 Å². The number of Topliss-reactive ketones (excluding diaryl/α,β-unsaturated/α-hetero) is 1. The van der Waals surface area contributed by atoms with E-state index >= 15 is 0 Å². The van der Waals surface area contributed by atoms with Gasteiger partial charge in [-0.15, -0.1) is 0 Å². The van der Waals surface area contributed by atoms with E-state index in [1.54, 1.807) is 0 Å². The molecule has 1 saturated carbocycles. The van der Waals surface area contributed by atoms with Crippen LogP contribution in [0.2, 0.25) is 0 Å². The molecule has 0 bridgehead atoms. The van der Waals surface area contributed by atoms with E-state index in [1.165, 1.54) is 0 Å². The normalized spacial score (nSPS) is 41.5. The monoisotopic (exact) mass is 189 g/mol. The summed E-state index contributed by atoms with van der Waals surface area (Å²) in [4.78, 5) is 11.7. The zero-order valence-electron chi connectivity index (χ0n) is 8.76. The number of rotatable bonds is 0. The zero-order valence-corrected chi connectivity index (χ0v) is 8.76. The SMILES string of the molecule is C[C@]1(C#N)CC=C2C(=O)CCC[C@@]21C. The van der Waals surface area contributed by atoms with Gasteiger partial charge in [0.1, 0.15) is 0 Å². The molecule has 0 saturated heterocycles. The van der Waals surface area contributed by atoms with Gasteiger partial charge in [-0.1, -0.05) is 13.0 Å². The summed E-state index contributed by atoms with van der Waals surface area (Å²) in [5.74, 6) is 0.262. The molecule has 2 aliphatic carbocycles. The summed E-state index contributed by atoms with van der Waals surface area (Å²) in [5.41, 5.74) is 0.378. The molecule has 0 heterocycles. The van der Waals surface area contributed by atoms with Gasteiger partial charge in [-0.3, -0.25) is 4.79 Å². The van der Waals surface area contributed by atoms with Gasteiger partial charge >= 0.3 is 0 Å². The standard InChI is InChI=1S/C12H15NO/c1-11(8-13)7-5-9-10(14)4-3-6-12(9,11)2/h5H,3-4,6-7H2,1-2H3/t11-,12+/m1/s1. The minimum absolute atomic E-state index is 0.183. The van der Waals surface area contributed by atoms with Crippen molar-refractivity contribution in [3.05, 3.63) is 11.6 Å². The third kappa shape index (κ3) is 0.930. The molecule has 0 aliphatic heterocycles. The first-order valence-electron chi connectivity index (χ1n) is 5.19. The van der Waals surface area contributed by atoms with Crippen molar-refractivity contribution < 1.29 is 4.79 Å². The quantitative estimate of drug-likeness (QED) is 0.587. The summed E-state index contributed by atoms with van der Waals surface area (Å²) < 4.78 is 0. The lowest BCUT2D eigenvalue weighted by molar-refractivity contribution is -0.118. The van der Waals surface area contributed by atoms with Crippen molar-refractivity contribution in [3.8, 4) is 6.07 Å². The molecule has 0 unspecified atom stereocenters. The fraction of sp³-hybridized carbons (Fsp3) is 0.667. The smallest absolute Gasteiger partial charge is 0.159 e. The van der Waals surface area contributed by atoms with Gasteiger partial charge in [0.2, 0.25) is 0 Å². The molecule has 0 aromatic heterocycles. The van der Waals surface area contributed by atoms with Crippen LogP contribution in [0.1, 0.15) is 39.5 Å². The van der Waals surface area contributed by atoms with E-state index in [-0.39, 0.29) is 16.6 Å². The van der Waals surface area contributed by atoms with E-state index in [0.29, 0.717) is 6.42 Å². The third-order valence-electron chi connectivity index (χ3n) is 4.15. The van der Waals surface area contributed by atoms with Crippen molar-refractivity contribution in [2.24, 2.45) is 10.8 Å². The second-order valence-corrected chi connectivity index (χ2v) is 4.87. The number of fused-ring (bicyclic) bond motifs is 1. The van der Waals surface area contributed by atoms with Gasteiger partial charge in [-0.05, 0) is 31.8 Å². The van der Waals surface area contributed by atoms with Crippen LogP contribution < -0.4 is 0 Å². The Labute approximate surface area is 84.6 Å². The Bertz CT molecular complexity index is 363. The van der Waals surface area contributed by atoms with Gasteiger partial charge in [0, 0.05) is 11.8 Å². The maximum atomic E-state index is 11.7. The van der Waals surface area contributed by atoms with Gasteiger partial charge < -0.3 is 0 Å². The van der Waals surface area contributed by atoms with Gasteiger partial charge in [0.05, 0.1) is 11.5 Å². The summed E-state index contributed by atoms with van der Waals surface area (Å²) in [6.45, 7) is 4.06. The molecular formula is C12H15NO. The van der Waals surface area contributed by atoms with Crippen LogP contribution in [0.5, 0.6) is 0 Å². The molecule has 2 atom stereocenters. The summed E-state index contributed by atoms with van der Waals surface area (Å²) in [6, 6.07) is 2.40. The predicted molar refractivity (Wildman–Crippen MR) is 53.4 cm³/mol. The van der Waals surface area contributed by atoms with E-state index < -0.39 is 0 Å². The highest BCUT2D eigenvalue weighted by Gasteiger charge is 2.53. The number of hydrogen-bond donors (Lipinski definition) is 0. The molecule has 0 spiro atoms.